The third-order valence-corrected chi connectivity index (χ3v) is 3.71. The lowest BCUT2D eigenvalue weighted by Crippen LogP contribution is -2.24. The van der Waals surface area contributed by atoms with Gasteiger partial charge in [0.1, 0.15) is 17.9 Å². The number of aryl methyl sites for hydroxylation is 1. The molecule has 0 bridgehead atoms. The number of ether oxygens (including phenoxy) is 1. The van der Waals surface area contributed by atoms with E-state index in [0.717, 1.165) is 11.3 Å². The van der Waals surface area contributed by atoms with Crippen molar-refractivity contribution in [2.24, 2.45) is 0 Å². The summed E-state index contributed by atoms with van der Waals surface area (Å²) in [6, 6.07) is 15.6. The summed E-state index contributed by atoms with van der Waals surface area (Å²) < 4.78 is 11.0. The smallest absolute Gasteiger partial charge is 0.287 e. The molecule has 0 fully saturated rings. The molecular formula is C21H17NO4. The molecule has 5 nitrogen and oxygen atoms in total. The van der Waals surface area contributed by atoms with Gasteiger partial charge < -0.3 is 14.5 Å². The summed E-state index contributed by atoms with van der Waals surface area (Å²) in [5.41, 5.74) is 1.16. The quantitative estimate of drug-likeness (QED) is 0.737. The summed E-state index contributed by atoms with van der Waals surface area (Å²) in [5, 5.41) is 3.04. The minimum absolute atomic E-state index is 0.0355. The van der Waals surface area contributed by atoms with Crippen LogP contribution in [0.5, 0.6) is 5.75 Å². The van der Waals surface area contributed by atoms with Crippen molar-refractivity contribution in [3.8, 4) is 17.6 Å². The second-order valence-corrected chi connectivity index (χ2v) is 5.56. The lowest BCUT2D eigenvalue weighted by atomic mass is 10.2. The molecule has 5 heteroatoms. The van der Waals surface area contributed by atoms with Gasteiger partial charge >= 0.3 is 0 Å². The highest BCUT2D eigenvalue weighted by molar-refractivity contribution is 5.93. The Morgan fingerprint density at radius 1 is 1.12 bits per heavy atom. The van der Waals surface area contributed by atoms with Crippen LogP contribution in [0.4, 0.5) is 0 Å². The van der Waals surface area contributed by atoms with Crippen LogP contribution in [0.2, 0.25) is 0 Å². The van der Waals surface area contributed by atoms with Gasteiger partial charge in [0.05, 0.1) is 11.9 Å². The number of hydrogen-bond donors (Lipinski definition) is 1. The van der Waals surface area contributed by atoms with Crippen LogP contribution < -0.4 is 15.5 Å². The molecule has 1 amide bonds. The van der Waals surface area contributed by atoms with Crippen molar-refractivity contribution in [1.29, 1.82) is 0 Å². The zero-order valence-electron chi connectivity index (χ0n) is 14.2. The van der Waals surface area contributed by atoms with Gasteiger partial charge in [0, 0.05) is 6.07 Å². The van der Waals surface area contributed by atoms with E-state index >= 15 is 0 Å². The van der Waals surface area contributed by atoms with Crippen LogP contribution in [0.25, 0.3) is 11.0 Å². The summed E-state index contributed by atoms with van der Waals surface area (Å²) in [4.78, 5) is 24.1. The van der Waals surface area contributed by atoms with Crippen molar-refractivity contribution >= 4 is 16.9 Å². The molecule has 0 unspecified atom stereocenters. The molecule has 1 aromatic heterocycles. The Hall–Kier alpha value is -3.52. The Labute approximate surface area is 150 Å². The number of rotatable bonds is 4. The summed E-state index contributed by atoms with van der Waals surface area (Å²) in [7, 11) is 0. The maximum absolute atomic E-state index is 12.1. The normalized spacial score (nSPS) is 10.0. The zero-order chi connectivity index (χ0) is 18.4. The van der Waals surface area contributed by atoms with Gasteiger partial charge in [-0.3, -0.25) is 9.59 Å². The molecule has 0 spiro atoms. The molecule has 0 atom stereocenters. The number of para-hydroxylation sites is 2. The second kappa shape index (κ2) is 8.04. The highest BCUT2D eigenvalue weighted by atomic mass is 16.5. The van der Waals surface area contributed by atoms with Crippen LogP contribution in [0.1, 0.15) is 16.1 Å². The number of carbonyl (C=O) groups is 1. The number of benzene rings is 2. The average Bonchev–Trinajstić information content (AvgIpc) is 2.65. The fourth-order valence-corrected chi connectivity index (χ4v) is 2.37. The van der Waals surface area contributed by atoms with Crippen LogP contribution in [0.15, 0.2) is 63.8 Å². The zero-order valence-corrected chi connectivity index (χ0v) is 14.2. The third kappa shape index (κ3) is 4.11. The van der Waals surface area contributed by atoms with Crippen LogP contribution in [0, 0.1) is 18.8 Å². The van der Waals surface area contributed by atoms with E-state index in [2.05, 4.69) is 17.2 Å². The van der Waals surface area contributed by atoms with E-state index in [-0.39, 0.29) is 24.3 Å². The molecule has 0 aliphatic rings. The van der Waals surface area contributed by atoms with Gasteiger partial charge in [0.2, 0.25) is 0 Å². The van der Waals surface area contributed by atoms with Crippen molar-refractivity contribution in [2.75, 3.05) is 13.2 Å². The van der Waals surface area contributed by atoms with E-state index in [1.54, 1.807) is 24.3 Å². The van der Waals surface area contributed by atoms with E-state index in [1.165, 1.54) is 6.07 Å². The van der Waals surface area contributed by atoms with Crippen molar-refractivity contribution in [3.05, 3.63) is 76.1 Å². The van der Waals surface area contributed by atoms with E-state index in [4.69, 9.17) is 9.15 Å². The molecule has 130 valence electrons. The van der Waals surface area contributed by atoms with Crippen LogP contribution >= 0.6 is 0 Å². The standard InChI is InChI=1S/C21H17NO4/c1-15-8-2-4-10-18(15)25-13-7-6-12-22-21(24)20-14-17(23)16-9-3-5-11-19(16)26-20/h2-5,8-11,14H,12-13H2,1H3,(H,22,24). The minimum atomic E-state index is -0.484. The molecule has 1 heterocycles. The molecule has 0 saturated heterocycles. The Morgan fingerprint density at radius 3 is 2.73 bits per heavy atom. The molecule has 0 saturated carbocycles. The largest absolute Gasteiger partial charge is 0.481 e. The maximum Gasteiger partial charge on any atom is 0.287 e. The Balaban J connectivity index is 1.55. The molecule has 2 aromatic carbocycles. The lowest BCUT2D eigenvalue weighted by Gasteiger charge is -2.04. The molecule has 0 radical (unpaired) electrons. The first-order valence-electron chi connectivity index (χ1n) is 8.10. The first-order chi connectivity index (χ1) is 12.6. The van der Waals surface area contributed by atoms with Crippen molar-refractivity contribution < 1.29 is 13.9 Å². The van der Waals surface area contributed by atoms with Crippen LogP contribution in [-0.2, 0) is 0 Å². The fourth-order valence-electron chi connectivity index (χ4n) is 2.37. The maximum atomic E-state index is 12.1. The number of fused-ring (bicyclic) bond motifs is 1. The Bertz CT molecular complexity index is 1060. The summed E-state index contributed by atoms with van der Waals surface area (Å²) in [5.74, 6) is 5.89. The van der Waals surface area contributed by atoms with Crippen LogP contribution in [-0.4, -0.2) is 19.1 Å². The minimum Gasteiger partial charge on any atom is -0.481 e. The second-order valence-electron chi connectivity index (χ2n) is 5.56. The van der Waals surface area contributed by atoms with Gasteiger partial charge in [-0.1, -0.05) is 42.2 Å². The summed E-state index contributed by atoms with van der Waals surface area (Å²) in [6.45, 7) is 2.32. The van der Waals surface area contributed by atoms with E-state index in [1.807, 2.05) is 31.2 Å². The fraction of sp³-hybridized carbons (Fsp3) is 0.143. The van der Waals surface area contributed by atoms with E-state index in [0.29, 0.717) is 11.0 Å². The van der Waals surface area contributed by atoms with Crippen LogP contribution in [0.3, 0.4) is 0 Å². The van der Waals surface area contributed by atoms with E-state index in [9.17, 15) is 9.59 Å². The first-order valence-corrected chi connectivity index (χ1v) is 8.10. The highest BCUT2D eigenvalue weighted by Gasteiger charge is 2.10. The van der Waals surface area contributed by atoms with Gasteiger partial charge in [-0.25, -0.2) is 0 Å². The summed E-state index contributed by atoms with van der Waals surface area (Å²) in [6.07, 6.45) is 0. The number of amides is 1. The van der Waals surface area contributed by atoms with Gasteiger partial charge in [-0.05, 0) is 30.7 Å². The predicted molar refractivity (Wildman–Crippen MR) is 99.3 cm³/mol. The topological polar surface area (TPSA) is 68.5 Å². The lowest BCUT2D eigenvalue weighted by molar-refractivity contribution is 0.0931. The monoisotopic (exact) mass is 347 g/mol. The molecule has 26 heavy (non-hydrogen) atoms. The van der Waals surface area contributed by atoms with Crippen molar-refractivity contribution in [3.63, 3.8) is 0 Å². The molecule has 3 rings (SSSR count). The molecular weight excluding hydrogens is 330 g/mol. The van der Waals surface area contributed by atoms with E-state index < -0.39 is 5.91 Å². The van der Waals surface area contributed by atoms with Crippen molar-refractivity contribution in [2.45, 2.75) is 6.92 Å². The molecule has 0 aliphatic carbocycles. The van der Waals surface area contributed by atoms with Gasteiger partial charge in [-0.15, -0.1) is 0 Å². The van der Waals surface area contributed by atoms with Gasteiger partial charge in [-0.2, -0.15) is 0 Å². The molecule has 0 aliphatic heterocycles. The average molecular weight is 347 g/mol. The Kier molecular flexibility index (Phi) is 5.35. The van der Waals surface area contributed by atoms with Gasteiger partial charge in [0.15, 0.2) is 11.2 Å². The Morgan fingerprint density at radius 2 is 1.88 bits per heavy atom. The number of carbonyl (C=O) groups excluding carboxylic acids is 1. The summed E-state index contributed by atoms with van der Waals surface area (Å²) >= 11 is 0. The molecule has 1 N–H and O–H groups in total. The number of hydrogen-bond acceptors (Lipinski definition) is 4. The predicted octanol–water partition coefficient (Wildman–Crippen LogP) is 2.91. The highest BCUT2D eigenvalue weighted by Crippen LogP contribution is 2.15. The molecule has 3 aromatic rings. The van der Waals surface area contributed by atoms with Gasteiger partial charge in [0.25, 0.3) is 5.91 Å². The number of nitrogens with one attached hydrogen (secondary N) is 1. The SMILES string of the molecule is Cc1ccccc1OCC#CCNC(=O)c1cc(=O)c2ccccc2o1. The van der Waals surface area contributed by atoms with Crippen molar-refractivity contribution in [1.82, 2.24) is 5.32 Å². The third-order valence-electron chi connectivity index (χ3n) is 3.71. The first kappa shape index (κ1) is 17.3.